The number of nitrogens with one attached hydrogen (secondary N) is 1. The van der Waals surface area contributed by atoms with Gasteiger partial charge in [0.2, 0.25) is 0 Å². The van der Waals surface area contributed by atoms with E-state index in [1.807, 2.05) is 0 Å². The molecule has 2 fully saturated rings. The quantitative estimate of drug-likeness (QED) is 0.763. The molecule has 1 aromatic rings. The molecule has 21 heavy (non-hydrogen) atoms. The zero-order chi connectivity index (χ0) is 14.8. The van der Waals surface area contributed by atoms with Crippen LogP contribution >= 0.6 is 0 Å². The van der Waals surface area contributed by atoms with E-state index in [1.165, 1.54) is 31.0 Å². The Morgan fingerprint density at radius 3 is 2.86 bits per heavy atom. The van der Waals surface area contributed by atoms with E-state index in [4.69, 9.17) is 4.74 Å². The monoisotopic (exact) mass is 292 g/mol. The van der Waals surface area contributed by atoms with Crippen molar-refractivity contribution in [1.82, 2.24) is 10.2 Å². The first-order valence-corrected chi connectivity index (χ1v) is 7.28. The van der Waals surface area contributed by atoms with Crippen molar-refractivity contribution in [2.45, 2.75) is 25.0 Å². The minimum Gasteiger partial charge on any atom is -0.508 e. The van der Waals surface area contributed by atoms with E-state index in [1.54, 1.807) is 0 Å². The number of ether oxygens (including phenoxy) is 1. The summed E-state index contributed by atoms with van der Waals surface area (Å²) >= 11 is 0. The Kier molecular flexibility index (Phi) is 3.98. The van der Waals surface area contributed by atoms with Crippen LogP contribution in [0.1, 0.15) is 23.2 Å². The summed E-state index contributed by atoms with van der Waals surface area (Å²) in [6.45, 7) is 3.11. The fourth-order valence-corrected chi connectivity index (χ4v) is 3.04. The number of aromatic hydroxyl groups is 2. The van der Waals surface area contributed by atoms with Crippen LogP contribution in [-0.2, 0) is 4.74 Å². The summed E-state index contributed by atoms with van der Waals surface area (Å²) in [5.41, 5.74) is 0.238. The van der Waals surface area contributed by atoms with Crippen LogP contribution < -0.4 is 5.32 Å². The SMILES string of the molecule is O=C(NCC1CN2CCCC2CO1)c1cc(O)cc(O)c1. The van der Waals surface area contributed by atoms with Crippen LogP contribution in [0.2, 0.25) is 0 Å². The lowest BCUT2D eigenvalue weighted by molar-refractivity contribution is -0.0461. The summed E-state index contributed by atoms with van der Waals surface area (Å²) < 4.78 is 5.77. The summed E-state index contributed by atoms with van der Waals surface area (Å²) in [6, 6.07) is 4.38. The molecule has 0 aliphatic carbocycles. The number of carbonyl (C=O) groups is 1. The summed E-state index contributed by atoms with van der Waals surface area (Å²) in [7, 11) is 0. The van der Waals surface area contributed by atoms with E-state index < -0.39 is 0 Å². The van der Waals surface area contributed by atoms with Crippen molar-refractivity contribution < 1.29 is 19.7 Å². The Morgan fingerprint density at radius 1 is 1.33 bits per heavy atom. The van der Waals surface area contributed by atoms with Crippen LogP contribution in [0, 0.1) is 0 Å². The van der Waals surface area contributed by atoms with Gasteiger partial charge in [-0.1, -0.05) is 0 Å². The second kappa shape index (κ2) is 5.91. The number of hydrogen-bond acceptors (Lipinski definition) is 5. The average molecular weight is 292 g/mol. The van der Waals surface area contributed by atoms with Gasteiger partial charge in [-0.2, -0.15) is 0 Å². The van der Waals surface area contributed by atoms with Crippen LogP contribution in [0.3, 0.4) is 0 Å². The van der Waals surface area contributed by atoms with E-state index in [-0.39, 0.29) is 29.1 Å². The van der Waals surface area contributed by atoms with Crippen molar-refractivity contribution in [2.75, 3.05) is 26.2 Å². The molecule has 2 aliphatic rings. The molecule has 2 heterocycles. The normalized spacial score (nSPS) is 25.5. The van der Waals surface area contributed by atoms with Crippen molar-refractivity contribution in [1.29, 1.82) is 0 Å². The fraction of sp³-hybridized carbons (Fsp3) is 0.533. The third kappa shape index (κ3) is 3.28. The number of rotatable bonds is 3. The standard InChI is InChI=1S/C15H20N2O4/c18-12-4-10(5-13(19)6-12)15(20)16-7-14-8-17-3-1-2-11(17)9-21-14/h4-6,11,14,18-19H,1-3,7-9H2,(H,16,20). The third-order valence-electron chi connectivity index (χ3n) is 4.12. The molecule has 0 bridgehead atoms. The van der Waals surface area contributed by atoms with Crippen LogP contribution in [-0.4, -0.2) is 59.4 Å². The smallest absolute Gasteiger partial charge is 0.251 e. The van der Waals surface area contributed by atoms with Crippen molar-refractivity contribution in [3.63, 3.8) is 0 Å². The van der Waals surface area contributed by atoms with Gasteiger partial charge in [0.05, 0.1) is 12.7 Å². The highest BCUT2D eigenvalue weighted by Gasteiger charge is 2.32. The maximum atomic E-state index is 12.0. The molecular weight excluding hydrogens is 272 g/mol. The van der Waals surface area contributed by atoms with E-state index in [2.05, 4.69) is 10.2 Å². The molecule has 0 spiro atoms. The van der Waals surface area contributed by atoms with Gasteiger partial charge >= 0.3 is 0 Å². The molecule has 0 saturated carbocycles. The molecule has 3 rings (SSSR count). The van der Waals surface area contributed by atoms with Gasteiger partial charge in [-0.15, -0.1) is 0 Å². The highest BCUT2D eigenvalue weighted by molar-refractivity contribution is 5.95. The first kappa shape index (κ1) is 14.2. The number of fused-ring (bicyclic) bond motifs is 1. The Hall–Kier alpha value is -1.79. The van der Waals surface area contributed by atoms with E-state index in [0.29, 0.717) is 12.6 Å². The lowest BCUT2D eigenvalue weighted by Gasteiger charge is -2.35. The van der Waals surface area contributed by atoms with Gasteiger partial charge in [0.1, 0.15) is 11.5 Å². The van der Waals surface area contributed by atoms with E-state index in [0.717, 1.165) is 19.7 Å². The van der Waals surface area contributed by atoms with Gasteiger partial charge in [-0.05, 0) is 31.5 Å². The van der Waals surface area contributed by atoms with Gasteiger partial charge in [-0.25, -0.2) is 0 Å². The van der Waals surface area contributed by atoms with Crippen LogP contribution in [0.5, 0.6) is 11.5 Å². The fourth-order valence-electron chi connectivity index (χ4n) is 3.04. The highest BCUT2D eigenvalue weighted by atomic mass is 16.5. The molecule has 2 aliphatic heterocycles. The maximum absolute atomic E-state index is 12.0. The van der Waals surface area contributed by atoms with Crippen LogP contribution in [0.4, 0.5) is 0 Å². The lowest BCUT2D eigenvalue weighted by atomic mass is 10.1. The van der Waals surface area contributed by atoms with E-state index in [9.17, 15) is 15.0 Å². The Bertz CT molecular complexity index is 514. The molecule has 1 amide bonds. The molecule has 0 aromatic heterocycles. The molecule has 2 unspecified atom stereocenters. The molecule has 0 radical (unpaired) electrons. The lowest BCUT2D eigenvalue weighted by Crippen LogP contribution is -2.50. The number of phenols is 2. The number of nitrogens with zero attached hydrogens (tertiary/aromatic N) is 1. The summed E-state index contributed by atoms with van der Waals surface area (Å²) in [5.74, 6) is -0.587. The molecule has 1 aromatic carbocycles. The minimum absolute atomic E-state index is 0.00536. The molecule has 2 atom stereocenters. The molecule has 6 nitrogen and oxygen atoms in total. The predicted molar refractivity (Wildman–Crippen MR) is 76.4 cm³/mol. The molecule has 2 saturated heterocycles. The van der Waals surface area contributed by atoms with Gasteiger partial charge in [0.25, 0.3) is 5.91 Å². The number of amides is 1. The topological polar surface area (TPSA) is 82.0 Å². The number of phenolic OH excluding ortho intramolecular Hbond substituents is 2. The summed E-state index contributed by atoms with van der Waals surface area (Å²) in [5, 5.41) is 21.6. The Balaban J connectivity index is 1.53. The van der Waals surface area contributed by atoms with Crippen molar-refractivity contribution in [3.05, 3.63) is 23.8 Å². The minimum atomic E-state index is -0.326. The van der Waals surface area contributed by atoms with Crippen molar-refractivity contribution in [3.8, 4) is 11.5 Å². The highest BCUT2D eigenvalue weighted by Crippen LogP contribution is 2.23. The van der Waals surface area contributed by atoms with Gasteiger partial charge < -0.3 is 20.3 Å². The number of benzene rings is 1. The van der Waals surface area contributed by atoms with Gasteiger partial charge in [0.15, 0.2) is 0 Å². The average Bonchev–Trinajstić information content (AvgIpc) is 2.91. The molecule has 6 heteroatoms. The largest absolute Gasteiger partial charge is 0.508 e. The number of carbonyl (C=O) groups excluding carboxylic acids is 1. The summed E-state index contributed by atoms with van der Waals surface area (Å²) in [4.78, 5) is 14.4. The van der Waals surface area contributed by atoms with Crippen LogP contribution in [0.25, 0.3) is 0 Å². The molecule has 3 N–H and O–H groups in total. The zero-order valence-electron chi connectivity index (χ0n) is 11.8. The Labute approximate surface area is 123 Å². The first-order valence-electron chi connectivity index (χ1n) is 7.28. The first-order chi connectivity index (χ1) is 10.1. The molecule has 114 valence electrons. The van der Waals surface area contributed by atoms with E-state index >= 15 is 0 Å². The number of morpholine rings is 1. The van der Waals surface area contributed by atoms with Gasteiger partial charge in [0, 0.05) is 30.8 Å². The zero-order valence-corrected chi connectivity index (χ0v) is 11.8. The maximum Gasteiger partial charge on any atom is 0.251 e. The predicted octanol–water partition coefficient (Wildman–Crippen LogP) is 0.691. The van der Waals surface area contributed by atoms with Crippen molar-refractivity contribution in [2.24, 2.45) is 0 Å². The van der Waals surface area contributed by atoms with Gasteiger partial charge in [-0.3, -0.25) is 9.69 Å². The molecular formula is C15H20N2O4. The second-order valence-electron chi connectivity index (χ2n) is 5.69. The Morgan fingerprint density at radius 2 is 2.10 bits per heavy atom. The summed E-state index contributed by atoms with van der Waals surface area (Å²) in [6.07, 6.45) is 2.41. The van der Waals surface area contributed by atoms with Crippen LogP contribution in [0.15, 0.2) is 18.2 Å². The third-order valence-corrected chi connectivity index (χ3v) is 4.12. The number of hydrogen-bond donors (Lipinski definition) is 3. The van der Waals surface area contributed by atoms with Crippen molar-refractivity contribution >= 4 is 5.91 Å². The second-order valence-corrected chi connectivity index (χ2v) is 5.69.